The van der Waals surface area contributed by atoms with Crippen molar-refractivity contribution >= 4 is 17.1 Å². The van der Waals surface area contributed by atoms with Gasteiger partial charge in [0, 0.05) is 0 Å². The first-order valence-electron chi connectivity index (χ1n) is 6.06. The summed E-state index contributed by atoms with van der Waals surface area (Å²) < 4.78 is 6.13. The Morgan fingerprint density at radius 2 is 2.00 bits per heavy atom. The Labute approximate surface area is 115 Å². The zero-order chi connectivity index (χ0) is 15.3. The molecule has 1 saturated heterocycles. The van der Waals surface area contributed by atoms with Gasteiger partial charge in [0.25, 0.3) is 5.56 Å². The van der Waals surface area contributed by atoms with E-state index in [-0.39, 0.29) is 17.1 Å². The number of nitrogens with one attached hydrogen (secondary N) is 2. The molecule has 11 heteroatoms. The van der Waals surface area contributed by atoms with Crippen LogP contribution in [-0.4, -0.2) is 59.8 Å². The van der Waals surface area contributed by atoms with Crippen molar-refractivity contribution in [3.63, 3.8) is 0 Å². The highest BCUT2D eigenvalue weighted by Crippen LogP contribution is 2.29. The monoisotopic (exact) mass is 299 g/mol. The fraction of sp³-hybridized carbons (Fsp3) is 0.500. The first-order valence-corrected chi connectivity index (χ1v) is 6.06. The van der Waals surface area contributed by atoms with Crippen LogP contribution in [0.5, 0.6) is 0 Å². The van der Waals surface area contributed by atoms with Gasteiger partial charge < -0.3 is 25.8 Å². The Balaban J connectivity index is 2.20. The van der Waals surface area contributed by atoms with Crippen LogP contribution in [0.1, 0.15) is 6.23 Å². The molecule has 2 aromatic heterocycles. The van der Waals surface area contributed by atoms with E-state index in [9.17, 15) is 19.8 Å². The van der Waals surface area contributed by atoms with Gasteiger partial charge in [0.1, 0.15) is 18.3 Å². The molecule has 1 aliphatic rings. The second-order valence-corrected chi connectivity index (χ2v) is 4.68. The molecule has 114 valence electrons. The second-order valence-electron chi connectivity index (χ2n) is 4.68. The molecule has 3 heterocycles. The lowest BCUT2D eigenvalue weighted by Crippen LogP contribution is -2.35. The normalized spacial score (nSPS) is 29.3. The summed E-state index contributed by atoms with van der Waals surface area (Å²) >= 11 is 0. The number of imidazole rings is 1. The Kier molecular flexibility index (Phi) is 3.06. The SMILES string of the molecule is Nc1nc2c([nH]c(=O)n2[C@@H]2O[C@H](CO)[C@H](O)C2O)c(=O)[nH]1. The summed E-state index contributed by atoms with van der Waals surface area (Å²) in [5, 5.41) is 28.7. The molecule has 3 rings (SSSR count). The van der Waals surface area contributed by atoms with E-state index in [0.717, 1.165) is 4.57 Å². The number of aromatic nitrogens is 4. The van der Waals surface area contributed by atoms with Gasteiger partial charge in [0.05, 0.1) is 6.61 Å². The summed E-state index contributed by atoms with van der Waals surface area (Å²) in [7, 11) is 0. The third kappa shape index (κ3) is 1.94. The molecule has 11 nitrogen and oxygen atoms in total. The Hall–Kier alpha value is -2.21. The highest BCUT2D eigenvalue weighted by molar-refractivity contribution is 5.70. The van der Waals surface area contributed by atoms with E-state index in [0.29, 0.717) is 0 Å². The van der Waals surface area contributed by atoms with E-state index in [2.05, 4.69) is 15.0 Å². The maximum Gasteiger partial charge on any atom is 0.330 e. The molecule has 0 amide bonds. The maximum atomic E-state index is 12.0. The molecular weight excluding hydrogens is 286 g/mol. The number of aromatic amines is 2. The van der Waals surface area contributed by atoms with Gasteiger partial charge in [-0.05, 0) is 0 Å². The summed E-state index contributed by atoms with van der Waals surface area (Å²) in [5.74, 6) is -0.216. The zero-order valence-corrected chi connectivity index (χ0v) is 10.6. The van der Waals surface area contributed by atoms with E-state index in [1.54, 1.807) is 0 Å². The lowest BCUT2D eigenvalue weighted by molar-refractivity contribution is -0.0524. The third-order valence-electron chi connectivity index (χ3n) is 3.37. The first kappa shape index (κ1) is 13.8. The van der Waals surface area contributed by atoms with Crippen molar-refractivity contribution in [3.05, 3.63) is 20.8 Å². The Morgan fingerprint density at radius 1 is 1.29 bits per heavy atom. The Bertz CT molecular complexity index is 793. The van der Waals surface area contributed by atoms with Crippen LogP contribution in [0, 0.1) is 0 Å². The molecule has 2 aromatic rings. The standard InChI is InChI=1S/C10H13N5O6/c11-9-13-6-3(7(19)14-9)12-10(20)15(6)8-5(18)4(17)2(1-16)21-8/h2,4-5,8,16-18H,1H2,(H,12,20)(H3,11,13,14,19)/t2-,4+,5?,8-/m1/s1. The number of aliphatic hydroxyl groups is 3. The van der Waals surface area contributed by atoms with Crippen molar-refractivity contribution < 1.29 is 20.1 Å². The van der Waals surface area contributed by atoms with Gasteiger partial charge in [-0.25, -0.2) is 9.36 Å². The van der Waals surface area contributed by atoms with Crippen molar-refractivity contribution in [2.45, 2.75) is 24.5 Å². The molecule has 1 unspecified atom stereocenters. The van der Waals surface area contributed by atoms with Crippen LogP contribution in [0.25, 0.3) is 11.2 Å². The molecule has 0 radical (unpaired) electrons. The molecule has 0 bridgehead atoms. The van der Waals surface area contributed by atoms with E-state index >= 15 is 0 Å². The molecule has 0 aromatic carbocycles. The minimum Gasteiger partial charge on any atom is -0.394 e. The van der Waals surface area contributed by atoms with Gasteiger partial charge in [0.15, 0.2) is 17.4 Å². The average Bonchev–Trinajstić information content (AvgIpc) is 2.89. The van der Waals surface area contributed by atoms with Crippen molar-refractivity contribution in [1.82, 2.24) is 19.5 Å². The van der Waals surface area contributed by atoms with E-state index in [1.165, 1.54) is 0 Å². The van der Waals surface area contributed by atoms with Crippen LogP contribution < -0.4 is 17.0 Å². The average molecular weight is 299 g/mol. The van der Waals surface area contributed by atoms with Crippen molar-refractivity contribution in [3.8, 4) is 0 Å². The van der Waals surface area contributed by atoms with Crippen LogP contribution in [-0.2, 0) is 4.74 Å². The summed E-state index contributed by atoms with van der Waals surface area (Å²) in [5.41, 5.74) is 3.77. The molecule has 0 aliphatic carbocycles. The van der Waals surface area contributed by atoms with Crippen molar-refractivity contribution in [1.29, 1.82) is 0 Å². The maximum absolute atomic E-state index is 12.0. The van der Waals surface area contributed by atoms with Crippen LogP contribution in [0.3, 0.4) is 0 Å². The molecule has 0 spiro atoms. The first-order chi connectivity index (χ1) is 9.93. The molecule has 21 heavy (non-hydrogen) atoms. The number of hydrogen-bond acceptors (Lipinski definition) is 8. The topological polar surface area (TPSA) is 179 Å². The van der Waals surface area contributed by atoms with Gasteiger partial charge in [-0.3, -0.25) is 14.8 Å². The molecule has 0 saturated carbocycles. The number of nitrogens with two attached hydrogens (primary N) is 1. The number of nitrogens with zero attached hydrogens (tertiary/aromatic N) is 2. The largest absolute Gasteiger partial charge is 0.394 e. The zero-order valence-electron chi connectivity index (χ0n) is 10.6. The highest BCUT2D eigenvalue weighted by Gasteiger charge is 2.44. The minimum absolute atomic E-state index is 0.115. The number of fused-ring (bicyclic) bond motifs is 1. The predicted octanol–water partition coefficient (Wildman–Crippen LogP) is -3.39. The Morgan fingerprint density at radius 3 is 2.62 bits per heavy atom. The number of anilines is 1. The van der Waals surface area contributed by atoms with Crippen LogP contribution in [0.4, 0.5) is 5.95 Å². The molecule has 1 fully saturated rings. The van der Waals surface area contributed by atoms with Crippen molar-refractivity contribution in [2.75, 3.05) is 12.3 Å². The van der Waals surface area contributed by atoms with Crippen LogP contribution in [0.15, 0.2) is 9.59 Å². The third-order valence-corrected chi connectivity index (χ3v) is 3.37. The van der Waals surface area contributed by atoms with Gasteiger partial charge in [-0.2, -0.15) is 4.98 Å². The number of nitrogen functional groups attached to an aromatic ring is 1. The van der Waals surface area contributed by atoms with E-state index < -0.39 is 42.4 Å². The van der Waals surface area contributed by atoms with Gasteiger partial charge in [0.2, 0.25) is 5.95 Å². The highest BCUT2D eigenvalue weighted by atomic mass is 16.6. The number of H-pyrrole nitrogens is 2. The van der Waals surface area contributed by atoms with Crippen LogP contribution >= 0.6 is 0 Å². The van der Waals surface area contributed by atoms with Crippen LogP contribution in [0.2, 0.25) is 0 Å². The molecule has 7 N–H and O–H groups in total. The number of ether oxygens (including phenoxy) is 1. The number of rotatable bonds is 2. The van der Waals surface area contributed by atoms with E-state index in [1.807, 2.05) is 0 Å². The molecule has 1 aliphatic heterocycles. The lowest BCUT2D eigenvalue weighted by Gasteiger charge is -2.15. The smallest absolute Gasteiger partial charge is 0.330 e. The molecule has 4 atom stereocenters. The number of hydrogen-bond donors (Lipinski definition) is 6. The fourth-order valence-corrected chi connectivity index (χ4v) is 2.36. The minimum atomic E-state index is -1.47. The van der Waals surface area contributed by atoms with Gasteiger partial charge >= 0.3 is 5.69 Å². The lowest BCUT2D eigenvalue weighted by atomic mass is 10.1. The van der Waals surface area contributed by atoms with Crippen molar-refractivity contribution in [2.24, 2.45) is 0 Å². The second kappa shape index (κ2) is 4.66. The number of aliphatic hydroxyl groups excluding tert-OH is 3. The summed E-state index contributed by atoms with van der Waals surface area (Å²) in [4.78, 5) is 32.0. The van der Waals surface area contributed by atoms with E-state index in [4.69, 9.17) is 15.6 Å². The predicted molar refractivity (Wildman–Crippen MR) is 68.4 cm³/mol. The fourth-order valence-electron chi connectivity index (χ4n) is 2.36. The molecular formula is C10H13N5O6. The van der Waals surface area contributed by atoms with Gasteiger partial charge in [-0.15, -0.1) is 0 Å². The van der Waals surface area contributed by atoms with Gasteiger partial charge in [-0.1, -0.05) is 0 Å². The summed E-state index contributed by atoms with van der Waals surface area (Å²) in [6.45, 7) is -0.540. The quantitative estimate of drug-likeness (QED) is 0.332. The summed E-state index contributed by atoms with van der Waals surface area (Å²) in [6.07, 6.45) is -5.20. The summed E-state index contributed by atoms with van der Waals surface area (Å²) in [6, 6.07) is 0.